The largest absolute Gasteiger partial charge is 0.307 e. The summed E-state index contributed by atoms with van der Waals surface area (Å²) < 4.78 is 4.33. The van der Waals surface area contributed by atoms with Crippen LogP contribution in [0.4, 0.5) is 0 Å². The van der Waals surface area contributed by atoms with Crippen molar-refractivity contribution < 1.29 is 0 Å². The number of rotatable bonds is 2. The Balaban J connectivity index is 1.97. The second-order valence-corrected chi connectivity index (χ2v) is 7.04. The summed E-state index contributed by atoms with van der Waals surface area (Å²) in [5.74, 6) is 0. The van der Waals surface area contributed by atoms with Gasteiger partial charge in [-0.05, 0) is 31.5 Å². The van der Waals surface area contributed by atoms with Crippen LogP contribution in [0, 0.1) is 13.8 Å². The minimum atomic E-state index is 0.0695. The molecule has 0 amide bonds. The van der Waals surface area contributed by atoms with Crippen molar-refractivity contribution in [2.45, 2.75) is 20.4 Å². The molecule has 0 spiro atoms. The van der Waals surface area contributed by atoms with Crippen molar-refractivity contribution in [1.29, 1.82) is 0 Å². The summed E-state index contributed by atoms with van der Waals surface area (Å²) in [7, 11) is 0. The van der Waals surface area contributed by atoms with E-state index in [0.29, 0.717) is 6.54 Å². The lowest BCUT2D eigenvalue weighted by Crippen LogP contribution is -2.21. The molecule has 0 aliphatic carbocycles. The van der Waals surface area contributed by atoms with Crippen LogP contribution >= 0.6 is 11.3 Å². The third-order valence-electron chi connectivity index (χ3n) is 4.33. The van der Waals surface area contributed by atoms with Gasteiger partial charge in [0.2, 0.25) is 0 Å². The van der Waals surface area contributed by atoms with Crippen LogP contribution in [0.3, 0.4) is 0 Å². The second-order valence-electron chi connectivity index (χ2n) is 5.98. The fourth-order valence-corrected chi connectivity index (χ4v) is 4.27. The standard InChI is InChI=1S/C20H17NOS/c1-13-8-9-18-16(10-13)17-11-19(22)21(14(2)20(17)23-18)12-15-6-4-3-5-7-15/h3-11H,12H2,1-2H3. The van der Waals surface area contributed by atoms with Crippen molar-refractivity contribution in [1.82, 2.24) is 4.57 Å². The smallest absolute Gasteiger partial charge is 0.251 e. The van der Waals surface area contributed by atoms with E-state index < -0.39 is 0 Å². The Morgan fingerprint density at radius 1 is 0.957 bits per heavy atom. The van der Waals surface area contributed by atoms with E-state index in [-0.39, 0.29) is 5.56 Å². The molecule has 0 atom stereocenters. The van der Waals surface area contributed by atoms with Gasteiger partial charge in [0, 0.05) is 27.2 Å². The molecule has 0 saturated heterocycles. The SMILES string of the molecule is Cc1ccc2sc3c(C)n(Cc4ccccc4)c(=O)cc3c2c1. The fourth-order valence-electron chi connectivity index (χ4n) is 3.09. The van der Waals surface area contributed by atoms with Crippen molar-refractivity contribution >= 4 is 31.5 Å². The first-order valence-corrected chi connectivity index (χ1v) is 8.52. The van der Waals surface area contributed by atoms with Gasteiger partial charge in [-0.2, -0.15) is 0 Å². The molecule has 0 N–H and O–H groups in total. The van der Waals surface area contributed by atoms with Crippen LogP contribution in [-0.4, -0.2) is 4.57 Å². The molecule has 0 radical (unpaired) electrons. The summed E-state index contributed by atoms with van der Waals surface area (Å²) in [6.45, 7) is 4.76. The van der Waals surface area contributed by atoms with Crippen molar-refractivity contribution in [3.63, 3.8) is 0 Å². The fraction of sp³-hybridized carbons (Fsp3) is 0.150. The molecule has 0 unspecified atom stereocenters. The molecule has 0 saturated carbocycles. The molecule has 2 nitrogen and oxygen atoms in total. The average Bonchev–Trinajstić information content (AvgIpc) is 2.91. The molecule has 114 valence electrons. The van der Waals surface area contributed by atoms with Crippen molar-refractivity contribution in [3.8, 4) is 0 Å². The number of thiophene rings is 1. The van der Waals surface area contributed by atoms with E-state index in [0.717, 1.165) is 16.6 Å². The monoisotopic (exact) mass is 319 g/mol. The Morgan fingerprint density at radius 2 is 1.74 bits per heavy atom. The first kappa shape index (κ1) is 14.2. The van der Waals surface area contributed by atoms with Gasteiger partial charge in [0.1, 0.15) is 0 Å². The van der Waals surface area contributed by atoms with Gasteiger partial charge in [-0.25, -0.2) is 0 Å². The third kappa shape index (κ3) is 2.37. The first-order valence-electron chi connectivity index (χ1n) is 7.71. The molecule has 0 fully saturated rings. The quantitative estimate of drug-likeness (QED) is 0.516. The van der Waals surface area contributed by atoms with Crippen LogP contribution in [0.5, 0.6) is 0 Å². The van der Waals surface area contributed by atoms with Gasteiger partial charge in [0.15, 0.2) is 0 Å². The number of benzene rings is 2. The van der Waals surface area contributed by atoms with Crippen LogP contribution in [-0.2, 0) is 6.54 Å². The predicted octanol–water partition coefficient (Wildman–Crippen LogP) is 4.88. The molecule has 23 heavy (non-hydrogen) atoms. The normalized spacial score (nSPS) is 11.4. The third-order valence-corrected chi connectivity index (χ3v) is 5.63. The Hall–Kier alpha value is -2.39. The van der Waals surface area contributed by atoms with Crippen molar-refractivity contribution in [3.05, 3.63) is 81.8 Å². The Kier molecular flexibility index (Phi) is 3.31. The lowest BCUT2D eigenvalue weighted by Gasteiger charge is -2.10. The topological polar surface area (TPSA) is 22.0 Å². The molecule has 0 aliphatic heterocycles. The van der Waals surface area contributed by atoms with E-state index in [9.17, 15) is 4.79 Å². The molecule has 0 aliphatic rings. The van der Waals surface area contributed by atoms with Gasteiger partial charge >= 0.3 is 0 Å². The van der Waals surface area contributed by atoms with Crippen LogP contribution in [0.1, 0.15) is 16.8 Å². The number of nitrogens with zero attached hydrogens (tertiary/aromatic N) is 1. The van der Waals surface area contributed by atoms with Gasteiger partial charge in [0.05, 0.1) is 11.2 Å². The highest BCUT2D eigenvalue weighted by Gasteiger charge is 2.12. The molecule has 2 aromatic carbocycles. The maximum absolute atomic E-state index is 12.7. The van der Waals surface area contributed by atoms with Gasteiger partial charge < -0.3 is 4.57 Å². The summed E-state index contributed by atoms with van der Waals surface area (Å²) in [4.78, 5) is 12.7. The molecule has 4 rings (SSSR count). The predicted molar refractivity (Wildman–Crippen MR) is 98.6 cm³/mol. The minimum absolute atomic E-state index is 0.0695. The second kappa shape index (κ2) is 5.36. The number of hydrogen-bond donors (Lipinski definition) is 0. The number of hydrogen-bond acceptors (Lipinski definition) is 2. The Labute approximate surface area is 138 Å². The number of fused-ring (bicyclic) bond motifs is 3. The number of aromatic nitrogens is 1. The van der Waals surface area contributed by atoms with Crippen LogP contribution in [0.15, 0.2) is 59.4 Å². The summed E-state index contributed by atoms with van der Waals surface area (Å²) in [5, 5.41) is 2.28. The van der Waals surface area contributed by atoms with E-state index in [1.807, 2.05) is 22.8 Å². The zero-order valence-corrected chi connectivity index (χ0v) is 14.0. The molecular formula is C20H17NOS. The molecule has 2 heterocycles. The molecule has 2 aromatic heterocycles. The molecule has 4 aromatic rings. The van der Waals surface area contributed by atoms with Gasteiger partial charge in [-0.15, -0.1) is 11.3 Å². The lowest BCUT2D eigenvalue weighted by atomic mass is 10.1. The van der Waals surface area contributed by atoms with Crippen molar-refractivity contribution in [2.24, 2.45) is 0 Å². The number of pyridine rings is 1. The van der Waals surface area contributed by atoms with E-state index >= 15 is 0 Å². The average molecular weight is 319 g/mol. The minimum Gasteiger partial charge on any atom is -0.307 e. The van der Waals surface area contributed by atoms with Crippen molar-refractivity contribution in [2.75, 3.05) is 0 Å². The van der Waals surface area contributed by atoms with E-state index in [1.165, 1.54) is 20.3 Å². The van der Waals surface area contributed by atoms with Gasteiger partial charge in [-0.3, -0.25) is 4.79 Å². The summed E-state index contributed by atoms with van der Waals surface area (Å²) in [6, 6.07) is 18.4. The van der Waals surface area contributed by atoms with Crippen LogP contribution in [0.25, 0.3) is 20.2 Å². The zero-order chi connectivity index (χ0) is 16.0. The van der Waals surface area contributed by atoms with Crippen LogP contribution < -0.4 is 5.56 Å². The summed E-state index contributed by atoms with van der Waals surface area (Å²) in [6.07, 6.45) is 0. The first-order chi connectivity index (χ1) is 11.1. The maximum atomic E-state index is 12.7. The molecular weight excluding hydrogens is 302 g/mol. The Morgan fingerprint density at radius 3 is 2.52 bits per heavy atom. The summed E-state index contributed by atoms with van der Waals surface area (Å²) >= 11 is 1.77. The Bertz CT molecular complexity index is 1070. The van der Waals surface area contributed by atoms with Gasteiger partial charge in [-0.1, -0.05) is 42.0 Å². The van der Waals surface area contributed by atoms with E-state index in [2.05, 4.69) is 44.2 Å². The highest BCUT2D eigenvalue weighted by Crippen LogP contribution is 2.35. The lowest BCUT2D eigenvalue weighted by molar-refractivity contribution is 0.739. The zero-order valence-electron chi connectivity index (χ0n) is 13.2. The van der Waals surface area contributed by atoms with E-state index in [1.54, 1.807) is 17.4 Å². The van der Waals surface area contributed by atoms with Crippen LogP contribution in [0.2, 0.25) is 0 Å². The highest BCUT2D eigenvalue weighted by atomic mass is 32.1. The highest BCUT2D eigenvalue weighted by molar-refractivity contribution is 7.26. The molecule has 3 heteroatoms. The maximum Gasteiger partial charge on any atom is 0.251 e. The summed E-state index contributed by atoms with van der Waals surface area (Å²) in [5.41, 5.74) is 3.49. The number of aryl methyl sites for hydroxylation is 2. The molecule has 0 bridgehead atoms. The van der Waals surface area contributed by atoms with E-state index in [4.69, 9.17) is 0 Å². The van der Waals surface area contributed by atoms with Gasteiger partial charge in [0.25, 0.3) is 5.56 Å².